The molecule has 102 valence electrons. The van der Waals surface area contributed by atoms with Crippen LogP contribution >= 0.6 is 39.1 Å². The van der Waals surface area contributed by atoms with E-state index >= 15 is 0 Å². The maximum atomic E-state index is 6.30. The van der Waals surface area contributed by atoms with Crippen LogP contribution in [0.25, 0.3) is 11.0 Å². The standard InChI is InChI=1S/C15H11BrCl2N2/c1-9(12-4-3-11(17)7-13(12)18)20-8-19-14-5-2-10(16)6-15(14)20/h2-9H,1H3. The van der Waals surface area contributed by atoms with Gasteiger partial charge in [0.05, 0.1) is 23.4 Å². The van der Waals surface area contributed by atoms with Crippen LogP contribution in [0.1, 0.15) is 18.5 Å². The second-order valence-corrected chi connectivity index (χ2v) is 6.39. The van der Waals surface area contributed by atoms with Crippen molar-refractivity contribution in [3.05, 3.63) is 62.8 Å². The third kappa shape index (κ3) is 2.46. The zero-order valence-electron chi connectivity index (χ0n) is 10.6. The summed E-state index contributed by atoms with van der Waals surface area (Å²) in [5, 5.41) is 1.31. The molecule has 1 heterocycles. The fourth-order valence-electron chi connectivity index (χ4n) is 2.30. The van der Waals surface area contributed by atoms with Crippen molar-refractivity contribution < 1.29 is 0 Å². The van der Waals surface area contributed by atoms with Crippen molar-refractivity contribution in [1.82, 2.24) is 9.55 Å². The Balaban J connectivity index is 2.12. The van der Waals surface area contributed by atoms with Crippen LogP contribution in [0.15, 0.2) is 47.2 Å². The summed E-state index contributed by atoms with van der Waals surface area (Å²) in [4.78, 5) is 4.43. The average Bonchev–Trinajstić information content (AvgIpc) is 2.81. The summed E-state index contributed by atoms with van der Waals surface area (Å²) in [6, 6.07) is 11.7. The van der Waals surface area contributed by atoms with E-state index in [2.05, 4.69) is 38.5 Å². The SMILES string of the molecule is CC(c1ccc(Cl)cc1Cl)n1cnc2ccc(Br)cc21. The van der Waals surface area contributed by atoms with Crippen molar-refractivity contribution in [3.63, 3.8) is 0 Å². The van der Waals surface area contributed by atoms with Crippen molar-refractivity contribution in [3.8, 4) is 0 Å². The topological polar surface area (TPSA) is 17.8 Å². The molecule has 0 radical (unpaired) electrons. The molecule has 3 aromatic rings. The maximum Gasteiger partial charge on any atom is 0.0964 e. The van der Waals surface area contributed by atoms with Crippen LogP contribution in [0, 0.1) is 0 Å². The van der Waals surface area contributed by atoms with Crippen molar-refractivity contribution >= 4 is 50.2 Å². The Morgan fingerprint density at radius 3 is 2.70 bits per heavy atom. The second-order valence-electron chi connectivity index (χ2n) is 4.63. The summed E-state index contributed by atoms with van der Waals surface area (Å²) >= 11 is 15.7. The van der Waals surface area contributed by atoms with Gasteiger partial charge in [-0.3, -0.25) is 0 Å². The number of aromatic nitrogens is 2. The van der Waals surface area contributed by atoms with Crippen molar-refractivity contribution in [2.75, 3.05) is 0 Å². The molecule has 0 aliphatic carbocycles. The van der Waals surface area contributed by atoms with E-state index in [0.29, 0.717) is 10.0 Å². The van der Waals surface area contributed by atoms with Gasteiger partial charge in [-0.2, -0.15) is 0 Å². The summed E-state index contributed by atoms with van der Waals surface area (Å²) in [7, 11) is 0. The molecule has 2 aromatic carbocycles. The van der Waals surface area contributed by atoms with Crippen LogP contribution in [-0.4, -0.2) is 9.55 Å². The molecule has 1 aromatic heterocycles. The Bertz CT molecular complexity index is 783. The third-order valence-electron chi connectivity index (χ3n) is 3.37. The van der Waals surface area contributed by atoms with Gasteiger partial charge in [-0.25, -0.2) is 4.98 Å². The highest BCUT2D eigenvalue weighted by atomic mass is 79.9. The molecule has 2 nitrogen and oxygen atoms in total. The van der Waals surface area contributed by atoms with E-state index in [9.17, 15) is 0 Å². The number of hydrogen-bond acceptors (Lipinski definition) is 1. The fourth-order valence-corrected chi connectivity index (χ4v) is 3.21. The second kappa shape index (κ2) is 5.40. The van der Waals surface area contributed by atoms with Gasteiger partial charge in [-0.15, -0.1) is 0 Å². The Hall–Kier alpha value is -1.03. The van der Waals surface area contributed by atoms with E-state index in [0.717, 1.165) is 21.1 Å². The molecule has 0 amide bonds. The molecular weight excluding hydrogens is 359 g/mol. The highest BCUT2D eigenvalue weighted by molar-refractivity contribution is 9.10. The number of rotatable bonds is 2. The molecule has 0 saturated carbocycles. The van der Waals surface area contributed by atoms with Gasteiger partial charge in [0.25, 0.3) is 0 Å². The summed E-state index contributed by atoms with van der Waals surface area (Å²) in [6.07, 6.45) is 1.84. The largest absolute Gasteiger partial charge is 0.323 e. The summed E-state index contributed by atoms with van der Waals surface area (Å²) < 4.78 is 3.14. The first-order valence-electron chi connectivity index (χ1n) is 6.13. The van der Waals surface area contributed by atoms with Crippen LogP contribution in [0.3, 0.4) is 0 Å². The molecule has 0 saturated heterocycles. The first-order valence-corrected chi connectivity index (χ1v) is 7.68. The Morgan fingerprint density at radius 2 is 1.95 bits per heavy atom. The van der Waals surface area contributed by atoms with E-state index in [4.69, 9.17) is 23.2 Å². The van der Waals surface area contributed by atoms with Gasteiger partial charge in [-0.1, -0.05) is 45.2 Å². The highest BCUT2D eigenvalue weighted by Gasteiger charge is 2.14. The van der Waals surface area contributed by atoms with E-state index in [-0.39, 0.29) is 6.04 Å². The molecule has 0 bridgehead atoms. The lowest BCUT2D eigenvalue weighted by Crippen LogP contribution is -2.06. The lowest BCUT2D eigenvalue weighted by Gasteiger charge is -2.16. The minimum absolute atomic E-state index is 0.0825. The quantitative estimate of drug-likeness (QED) is 0.565. The molecule has 0 fully saturated rings. The van der Waals surface area contributed by atoms with Crippen LogP contribution in [-0.2, 0) is 0 Å². The van der Waals surface area contributed by atoms with E-state index in [1.165, 1.54) is 0 Å². The molecule has 5 heteroatoms. The van der Waals surface area contributed by atoms with Gasteiger partial charge in [0, 0.05) is 14.5 Å². The molecule has 0 aliphatic rings. The normalized spacial score (nSPS) is 12.8. The molecule has 0 spiro atoms. The predicted octanol–water partition coefficient (Wildman–Crippen LogP) is 5.71. The number of benzene rings is 2. The van der Waals surface area contributed by atoms with Crippen molar-refractivity contribution in [2.45, 2.75) is 13.0 Å². The minimum Gasteiger partial charge on any atom is -0.323 e. The van der Waals surface area contributed by atoms with Crippen LogP contribution in [0.4, 0.5) is 0 Å². The molecular formula is C15H11BrCl2N2. The van der Waals surface area contributed by atoms with E-state index in [1.807, 2.05) is 30.6 Å². The average molecular weight is 370 g/mol. The number of hydrogen-bond donors (Lipinski definition) is 0. The third-order valence-corrected chi connectivity index (χ3v) is 4.42. The molecule has 0 N–H and O–H groups in total. The van der Waals surface area contributed by atoms with Crippen LogP contribution < -0.4 is 0 Å². The summed E-state index contributed by atoms with van der Waals surface area (Å²) in [5.74, 6) is 0. The minimum atomic E-state index is 0.0825. The number of nitrogens with zero attached hydrogens (tertiary/aromatic N) is 2. The van der Waals surface area contributed by atoms with Gasteiger partial charge >= 0.3 is 0 Å². The van der Waals surface area contributed by atoms with Gasteiger partial charge in [0.15, 0.2) is 0 Å². The summed E-state index contributed by atoms with van der Waals surface area (Å²) in [5.41, 5.74) is 3.05. The lowest BCUT2D eigenvalue weighted by atomic mass is 10.1. The first-order chi connectivity index (χ1) is 9.56. The number of halogens is 3. The zero-order valence-corrected chi connectivity index (χ0v) is 13.7. The lowest BCUT2D eigenvalue weighted by molar-refractivity contribution is 0.658. The first kappa shape index (κ1) is 13.9. The van der Waals surface area contributed by atoms with Gasteiger partial charge in [0.1, 0.15) is 0 Å². The van der Waals surface area contributed by atoms with Crippen molar-refractivity contribution in [2.24, 2.45) is 0 Å². The van der Waals surface area contributed by atoms with Crippen LogP contribution in [0.2, 0.25) is 10.0 Å². The Kier molecular flexibility index (Phi) is 3.76. The molecule has 1 atom stereocenters. The fraction of sp³-hybridized carbons (Fsp3) is 0.133. The van der Waals surface area contributed by atoms with Crippen molar-refractivity contribution in [1.29, 1.82) is 0 Å². The van der Waals surface area contributed by atoms with E-state index in [1.54, 1.807) is 6.07 Å². The van der Waals surface area contributed by atoms with Gasteiger partial charge in [0.2, 0.25) is 0 Å². The molecule has 1 unspecified atom stereocenters. The Labute approximate surface area is 135 Å². The zero-order chi connectivity index (χ0) is 14.3. The van der Waals surface area contributed by atoms with E-state index < -0.39 is 0 Å². The predicted molar refractivity (Wildman–Crippen MR) is 87.7 cm³/mol. The molecule has 20 heavy (non-hydrogen) atoms. The molecule has 3 rings (SSSR count). The Morgan fingerprint density at radius 1 is 1.15 bits per heavy atom. The van der Waals surface area contributed by atoms with Gasteiger partial charge < -0.3 is 4.57 Å². The summed E-state index contributed by atoms with van der Waals surface area (Å²) in [6.45, 7) is 2.09. The number of fused-ring (bicyclic) bond motifs is 1. The van der Waals surface area contributed by atoms with Crippen LogP contribution in [0.5, 0.6) is 0 Å². The molecule has 0 aliphatic heterocycles. The van der Waals surface area contributed by atoms with Gasteiger partial charge in [-0.05, 0) is 42.8 Å². The highest BCUT2D eigenvalue weighted by Crippen LogP contribution is 2.31. The smallest absolute Gasteiger partial charge is 0.0964 e. The monoisotopic (exact) mass is 368 g/mol. The number of imidazole rings is 1. The maximum absolute atomic E-state index is 6.30.